The average Bonchev–Trinajstić information content (AvgIpc) is 2.06. The first kappa shape index (κ1) is 10.5. The molecule has 1 aromatic rings. The third-order valence-electron chi connectivity index (χ3n) is 2.04. The Hall–Kier alpha value is -1.58. The second kappa shape index (κ2) is 2.97. The molecular formula is C10H14O4. The van der Waals surface area contributed by atoms with Crippen LogP contribution in [0.5, 0.6) is 23.0 Å². The van der Waals surface area contributed by atoms with Gasteiger partial charge in [0.1, 0.15) is 0 Å². The maximum atomic E-state index is 9.52. The van der Waals surface area contributed by atoms with Gasteiger partial charge in [-0.05, 0) is 11.5 Å². The minimum Gasteiger partial charge on any atom is -0.504 e. The van der Waals surface area contributed by atoms with Crippen molar-refractivity contribution in [1.29, 1.82) is 0 Å². The van der Waals surface area contributed by atoms with Gasteiger partial charge in [-0.2, -0.15) is 0 Å². The molecule has 0 aliphatic carbocycles. The Bertz CT molecular complexity index is 363. The van der Waals surface area contributed by atoms with Gasteiger partial charge in [-0.25, -0.2) is 0 Å². The lowest BCUT2D eigenvalue weighted by Crippen LogP contribution is -2.11. The molecule has 0 bridgehead atoms. The molecule has 0 aromatic heterocycles. The van der Waals surface area contributed by atoms with Crippen LogP contribution in [0, 0.1) is 0 Å². The van der Waals surface area contributed by atoms with E-state index in [0.717, 1.165) is 0 Å². The van der Waals surface area contributed by atoms with Gasteiger partial charge >= 0.3 is 0 Å². The fourth-order valence-electron chi connectivity index (χ4n) is 1.21. The zero-order valence-corrected chi connectivity index (χ0v) is 8.37. The van der Waals surface area contributed by atoms with E-state index in [1.165, 1.54) is 6.07 Å². The van der Waals surface area contributed by atoms with Crippen LogP contribution in [-0.4, -0.2) is 20.4 Å². The fraction of sp³-hybridized carbons (Fsp3) is 0.400. The van der Waals surface area contributed by atoms with Gasteiger partial charge in [-0.1, -0.05) is 20.8 Å². The van der Waals surface area contributed by atoms with E-state index in [-0.39, 0.29) is 0 Å². The maximum Gasteiger partial charge on any atom is 0.204 e. The number of hydrogen-bond acceptors (Lipinski definition) is 4. The van der Waals surface area contributed by atoms with Gasteiger partial charge in [0.25, 0.3) is 0 Å². The molecule has 0 spiro atoms. The smallest absolute Gasteiger partial charge is 0.204 e. The highest BCUT2D eigenvalue weighted by atomic mass is 16.3. The van der Waals surface area contributed by atoms with E-state index in [1.54, 1.807) is 0 Å². The largest absolute Gasteiger partial charge is 0.504 e. The summed E-state index contributed by atoms with van der Waals surface area (Å²) in [6.45, 7) is 5.45. The predicted molar refractivity (Wildman–Crippen MR) is 51.8 cm³/mol. The summed E-state index contributed by atoms with van der Waals surface area (Å²) < 4.78 is 0. The van der Waals surface area contributed by atoms with Crippen molar-refractivity contribution in [3.05, 3.63) is 11.6 Å². The van der Waals surface area contributed by atoms with Crippen molar-refractivity contribution in [1.82, 2.24) is 0 Å². The summed E-state index contributed by atoms with van der Waals surface area (Å²) in [5, 5.41) is 37.2. The van der Waals surface area contributed by atoms with Gasteiger partial charge in [0, 0.05) is 5.56 Å². The van der Waals surface area contributed by atoms with Crippen molar-refractivity contribution >= 4 is 0 Å². The van der Waals surface area contributed by atoms with Crippen molar-refractivity contribution in [3.63, 3.8) is 0 Å². The molecule has 0 aliphatic heterocycles. The second-order valence-corrected chi connectivity index (χ2v) is 4.24. The van der Waals surface area contributed by atoms with Crippen molar-refractivity contribution in [2.45, 2.75) is 26.2 Å². The molecule has 0 saturated carbocycles. The van der Waals surface area contributed by atoms with Gasteiger partial charge in [-0.15, -0.1) is 0 Å². The molecule has 78 valence electrons. The monoisotopic (exact) mass is 198 g/mol. The molecule has 0 atom stereocenters. The Labute approximate surface area is 82.1 Å². The van der Waals surface area contributed by atoms with Crippen LogP contribution in [0.25, 0.3) is 0 Å². The van der Waals surface area contributed by atoms with Crippen molar-refractivity contribution < 1.29 is 20.4 Å². The molecule has 14 heavy (non-hydrogen) atoms. The van der Waals surface area contributed by atoms with Crippen LogP contribution in [0.4, 0.5) is 0 Å². The first-order chi connectivity index (χ1) is 6.25. The van der Waals surface area contributed by atoms with Gasteiger partial charge < -0.3 is 20.4 Å². The minimum absolute atomic E-state index is 0.380. The van der Waals surface area contributed by atoms with Gasteiger partial charge in [0.15, 0.2) is 11.5 Å². The molecule has 0 saturated heterocycles. The topological polar surface area (TPSA) is 80.9 Å². The number of benzene rings is 1. The minimum atomic E-state index is -0.699. The quantitative estimate of drug-likeness (QED) is 0.378. The summed E-state index contributed by atoms with van der Waals surface area (Å²) in [5.74, 6) is -2.22. The zero-order valence-electron chi connectivity index (χ0n) is 8.37. The lowest BCUT2D eigenvalue weighted by Gasteiger charge is -2.21. The lowest BCUT2D eigenvalue weighted by molar-refractivity contribution is 0.338. The first-order valence-electron chi connectivity index (χ1n) is 4.22. The predicted octanol–water partition coefficient (Wildman–Crippen LogP) is 1.81. The molecule has 4 nitrogen and oxygen atoms in total. The van der Waals surface area contributed by atoms with Crippen molar-refractivity contribution in [2.75, 3.05) is 0 Å². The Balaban J connectivity index is 3.49. The summed E-state index contributed by atoms with van der Waals surface area (Å²) >= 11 is 0. The first-order valence-corrected chi connectivity index (χ1v) is 4.22. The normalized spacial score (nSPS) is 11.6. The van der Waals surface area contributed by atoms with Crippen LogP contribution in [0.2, 0.25) is 0 Å². The van der Waals surface area contributed by atoms with E-state index in [4.69, 9.17) is 5.11 Å². The summed E-state index contributed by atoms with van der Waals surface area (Å²) in [6.07, 6.45) is 0. The highest BCUT2D eigenvalue weighted by Crippen LogP contribution is 2.47. The SMILES string of the molecule is CC(C)(C)c1cc(O)c(O)c(O)c1O. The van der Waals surface area contributed by atoms with E-state index in [0.29, 0.717) is 5.56 Å². The molecule has 4 heteroatoms. The van der Waals surface area contributed by atoms with E-state index in [9.17, 15) is 15.3 Å². The number of rotatable bonds is 0. The third-order valence-corrected chi connectivity index (χ3v) is 2.04. The summed E-state index contributed by atoms with van der Waals surface area (Å²) in [4.78, 5) is 0. The highest BCUT2D eigenvalue weighted by Gasteiger charge is 2.24. The summed E-state index contributed by atoms with van der Waals surface area (Å²) in [6, 6.07) is 1.24. The van der Waals surface area contributed by atoms with E-state index in [2.05, 4.69) is 0 Å². The van der Waals surface area contributed by atoms with E-state index in [1.807, 2.05) is 20.8 Å². The molecule has 1 aromatic carbocycles. The maximum absolute atomic E-state index is 9.52. The number of aromatic hydroxyl groups is 4. The highest BCUT2D eigenvalue weighted by molar-refractivity contribution is 5.61. The Kier molecular flexibility index (Phi) is 2.23. The average molecular weight is 198 g/mol. The van der Waals surface area contributed by atoms with Crippen LogP contribution in [-0.2, 0) is 5.41 Å². The molecular weight excluding hydrogens is 184 g/mol. The van der Waals surface area contributed by atoms with Crippen LogP contribution in [0.15, 0.2) is 6.07 Å². The zero-order chi connectivity index (χ0) is 11.1. The van der Waals surface area contributed by atoms with E-state index < -0.39 is 28.4 Å². The van der Waals surface area contributed by atoms with Crippen molar-refractivity contribution in [3.8, 4) is 23.0 Å². The second-order valence-electron chi connectivity index (χ2n) is 4.24. The van der Waals surface area contributed by atoms with Crippen molar-refractivity contribution in [2.24, 2.45) is 0 Å². The standard InChI is InChI=1S/C10H14O4/c1-10(2,3)5-4-6(11)8(13)9(14)7(5)12/h4,11-14H,1-3H3. The molecule has 0 aliphatic rings. The summed E-state index contributed by atoms with van der Waals surface area (Å²) in [7, 11) is 0. The Morgan fingerprint density at radius 3 is 1.79 bits per heavy atom. The molecule has 0 radical (unpaired) electrons. The van der Waals surface area contributed by atoms with Gasteiger partial charge in [0.05, 0.1) is 0 Å². The Morgan fingerprint density at radius 2 is 1.36 bits per heavy atom. The van der Waals surface area contributed by atoms with Crippen LogP contribution >= 0.6 is 0 Å². The molecule has 0 amide bonds. The number of hydrogen-bond donors (Lipinski definition) is 4. The molecule has 0 unspecified atom stereocenters. The molecule has 4 N–H and O–H groups in total. The number of phenolic OH excluding ortho intramolecular Hbond substituents is 4. The molecule has 1 rings (SSSR count). The molecule has 0 fully saturated rings. The lowest BCUT2D eigenvalue weighted by atomic mass is 9.86. The summed E-state index contributed by atoms with van der Waals surface area (Å²) in [5.41, 5.74) is -0.0440. The van der Waals surface area contributed by atoms with E-state index >= 15 is 0 Å². The van der Waals surface area contributed by atoms with Crippen LogP contribution in [0.1, 0.15) is 26.3 Å². The van der Waals surface area contributed by atoms with Gasteiger partial charge in [-0.3, -0.25) is 0 Å². The number of phenols is 4. The van der Waals surface area contributed by atoms with Gasteiger partial charge in [0.2, 0.25) is 11.5 Å². The van der Waals surface area contributed by atoms with Crippen LogP contribution < -0.4 is 0 Å². The van der Waals surface area contributed by atoms with Crippen LogP contribution in [0.3, 0.4) is 0 Å². The Morgan fingerprint density at radius 1 is 0.857 bits per heavy atom. The fourth-order valence-corrected chi connectivity index (χ4v) is 1.21. The molecule has 0 heterocycles. The third kappa shape index (κ3) is 1.55.